The lowest BCUT2D eigenvalue weighted by Gasteiger charge is -2.36. The Balaban J connectivity index is 2.00. The number of hydrazone groups is 1. The maximum atomic E-state index is 12.5. The van der Waals surface area contributed by atoms with Gasteiger partial charge in [-0.25, -0.2) is 5.43 Å². The molecule has 0 aromatic rings. The maximum absolute atomic E-state index is 12.5. The molecule has 1 fully saturated rings. The summed E-state index contributed by atoms with van der Waals surface area (Å²) in [4.78, 5) is 25.5. The fraction of sp³-hybridized carbons (Fsp3) is 0.769. The number of piperidine rings is 1. The molecule has 6 nitrogen and oxygen atoms in total. The number of hydrogen-bond acceptors (Lipinski definition) is 4. The highest BCUT2D eigenvalue weighted by atomic mass is 16.2. The van der Waals surface area contributed by atoms with Crippen molar-refractivity contribution in [2.75, 3.05) is 20.1 Å². The van der Waals surface area contributed by atoms with Gasteiger partial charge in [-0.15, -0.1) is 0 Å². The molecule has 19 heavy (non-hydrogen) atoms. The van der Waals surface area contributed by atoms with Crippen molar-refractivity contribution in [3.63, 3.8) is 0 Å². The SMILES string of the molecule is CNCCC1CCCCN1C(=O)C1=NNC(=O)CC1. The minimum Gasteiger partial charge on any atom is -0.335 e. The zero-order valence-corrected chi connectivity index (χ0v) is 11.4. The van der Waals surface area contributed by atoms with Gasteiger partial charge in [-0.05, 0) is 39.3 Å². The van der Waals surface area contributed by atoms with Crippen LogP contribution >= 0.6 is 0 Å². The minimum atomic E-state index is -0.109. The first-order valence-electron chi connectivity index (χ1n) is 7.03. The van der Waals surface area contributed by atoms with Gasteiger partial charge in [0, 0.05) is 25.4 Å². The standard InChI is InChI=1S/C13H22N4O2/c1-14-8-7-10-4-2-3-9-17(10)13(19)11-5-6-12(18)16-15-11/h10,14H,2-9H2,1H3,(H,16,18). The summed E-state index contributed by atoms with van der Waals surface area (Å²) in [7, 11) is 1.93. The molecular weight excluding hydrogens is 244 g/mol. The third-order valence-corrected chi connectivity index (χ3v) is 3.77. The summed E-state index contributed by atoms with van der Waals surface area (Å²) >= 11 is 0. The third-order valence-electron chi connectivity index (χ3n) is 3.77. The van der Waals surface area contributed by atoms with Gasteiger partial charge >= 0.3 is 0 Å². The average molecular weight is 266 g/mol. The molecule has 0 spiro atoms. The van der Waals surface area contributed by atoms with Crippen LogP contribution in [0.5, 0.6) is 0 Å². The summed E-state index contributed by atoms with van der Waals surface area (Å²) in [5.41, 5.74) is 2.90. The zero-order chi connectivity index (χ0) is 13.7. The van der Waals surface area contributed by atoms with Crippen molar-refractivity contribution in [1.29, 1.82) is 0 Å². The number of carbonyl (C=O) groups excluding carboxylic acids is 2. The molecule has 2 aliphatic heterocycles. The van der Waals surface area contributed by atoms with Crippen molar-refractivity contribution < 1.29 is 9.59 Å². The number of nitrogens with one attached hydrogen (secondary N) is 2. The van der Waals surface area contributed by atoms with Gasteiger partial charge in [-0.2, -0.15) is 5.10 Å². The van der Waals surface area contributed by atoms with Crippen LogP contribution in [0, 0.1) is 0 Å². The van der Waals surface area contributed by atoms with Crippen LogP contribution in [0.2, 0.25) is 0 Å². The Hall–Kier alpha value is -1.43. The summed E-state index contributed by atoms with van der Waals surface area (Å²) < 4.78 is 0. The number of likely N-dealkylation sites (tertiary alicyclic amines) is 1. The molecule has 0 saturated carbocycles. The molecule has 2 rings (SSSR count). The van der Waals surface area contributed by atoms with E-state index < -0.39 is 0 Å². The minimum absolute atomic E-state index is 0.000744. The molecule has 1 unspecified atom stereocenters. The van der Waals surface area contributed by atoms with Crippen molar-refractivity contribution in [3.05, 3.63) is 0 Å². The molecule has 0 aromatic heterocycles. The fourth-order valence-corrected chi connectivity index (χ4v) is 2.67. The van der Waals surface area contributed by atoms with Crippen LogP contribution in [0.25, 0.3) is 0 Å². The first-order valence-corrected chi connectivity index (χ1v) is 7.03. The van der Waals surface area contributed by atoms with Gasteiger partial charge in [-0.3, -0.25) is 9.59 Å². The Morgan fingerprint density at radius 1 is 1.47 bits per heavy atom. The van der Waals surface area contributed by atoms with Crippen LogP contribution in [-0.4, -0.2) is 48.6 Å². The van der Waals surface area contributed by atoms with Crippen LogP contribution in [0.15, 0.2) is 5.10 Å². The monoisotopic (exact) mass is 266 g/mol. The summed E-state index contributed by atoms with van der Waals surface area (Å²) in [6, 6.07) is 0.300. The molecular formula is C13H22N4O2. The van der Waals surface area contributed by atoms with Gasteiger partial charge in [0.2, 0.25) is 5.91 Å². The van der Waals surface area contributed by atoms with Gasteiger partial charge in [-0.1, -0.05) is 0 Å². The van der Waals surface area contributed by atoms with Crippen molar-refractivity contribution in [2.24, 2.45) is 5.10 Å². The van der Waals surface area contributed by atoms with E-state index in [9.17, 15) is 9.59 Å². The summed E-state index contributed by atoms with van der Waals surface area (Å²) in [6.07, 6.45) is 5.09. The van der Waals surface area contributed by atoms with Gasteiger partial charge < -0.3 is 10.2 Å². The van der Waals surface area contributed by atoms with Crippen molar-refractivity contribution in [3.8, 4) is 0 Å². The maximum Gasteiger partial charge on any atom is 0.270 e. The average Bonchev–Trinajstić information content (AvgIpc) is 2.45. The molecule has 1 atom stereocenters. The topological polar surface area (TPSA) is 73.8 Å². The number of nitrogens with zero attached hydrogens (tertiary/aromatic N) is 2. The van der Waals surface area contributed by atoms with E-state index >= 15 is 0 Å². The summed E-state index contributed by atoms with van der Waals surface area (Å²) in [5.74, 6) is -0.109. The molecule has 0 aromatic carbocycles. The van der Waals surface area contributed by atoms with Gasteiger partial charge in [0.1, 0.15) is 5.71 Å². The molecule has 2 amide bonds. The highest BCUT2D eigenvalue weighted by Gasteiger charge is 2.30. The normalized spacial score (nSPS) is 23.8. The number of hydrogen-bond donors (Lipinski definition) is 2. The van der Waals surface area contributed by atoms with Gasteiger partial charge in [0.25, 0.3) is 5.91 Å². The second-order valence-electron chi connectivity index (χ2n) is 5.13. The molecule has 2 aliphatic rings. The van der Waals surface area contributed by atoms with Gasteiger partial charge in [0.15, 0.2) is 0 Å². The quantitative estimate of drug-likeness (QED) is 0.765. The third kappa shape index (κ3) is 3.53. The highest BCUT2D eigenvalue weighted by Crippen LogP contribution is 2.20. The van der Waals surface area contributed by atoms with E-state index in [1.165, 1.54) is 6.42 Å². The lowest BCUT2D eigenvalue weighted by molar-refractivity contribution is -0.128. The molecule has 0 aliphatic carbocycles. The van der Waals surface area contributed by atoms with E-state index in [2.05, 4.69) is 15.8 Å². The van der Waals surface area contributed by atoms with E-state index in [4.69, 9.17) is 0 Å². The Kier molecular flexibility index (Phi) is 4.90. The van der Waals surface area contributed by atoms with Crippen LogP contribution in [-0.2, 0) is 9.59 Å². The molecule has 2 N–H and O–H groups in total. The van der Waals surface area contributed by atoms with Gasteiger partial charge in [0.05, 0.1) is 0 Å². The smallest absolute Gasteiger partial charge is 0.270 e. The van der Waals surface area contributed by atoms with E-state index in [0.29, 0.717) is 24.6 Å². The first-order chi connectivity index (χ1) is 9.22. The molecule has 0 bridgehead atoms. The predicted octanol–water partition coefficient (Wildman–Crippen LogP) is 0.243. The van der Waals surface area contributed by atoms with E-state index in [1.807, 2.05) is 11.9 Å². The summed E-state index contributed by atoms with van der Waals surface area (Å²) in [5, 5.41) is 7.05. The number of rotatable bonds is 4. The zero-order valence-electron chi connectivity index (χ0n) is 11.4. The fourth-order valence-electron chi connectivity index (χ4n) is 2.67. The second-order valence-corrected chi connectivity index (χ2v) is 5.13. The Bertz CT molecular complexity index is 381. The molecule has 0 radical (unpaired) electrons. The van der Waals surface area contributed by atoms with Crippen molar-refractivity contribution in [1.82, 2.24) is 15.6 Å². The molecule has 106 valence electrons. The Labute approximate surface area is 113 Å². The van der Waals surface area contributed by atoms with Crippen LogP contribution in [0.4, 0.5) is 0 Å². The number of amides is 2. The highest BCUT2D eigenvalue weighted by molar-refractivity contribution is 6.39. The van der Waals surface area contributed by atoms with Crippen LogP contribution in [0.1, 0.15) is 38.5 Å². The summed E-state index contributed by atoms with van der Waals surface area (Å²) in [6.45, 7) is 1.72. The van der Waals surface area contributed by atoms with E-state index in [1.54, 1.807) is 0 Å². The van der Waals surface area contributed by atoms with Crippen LogP contribution in [0.3, 0.4) is 0 Å². The largest absolute Gasteiger partial charge is 0.335 e. The molecule has 6 heteroatoms. The number of carbonyl (C=O) groups is 2. The molecule has 2 heterocycles. The van der Waals surface area contributed by atoms with Crippen molar-refractivity contribution >= 4 is 17.5 Å². The lowest BCUT2D eigenvalue weighted by Crippen LogP contribution is -2.48. The second kappa shape index (κ2) is 6.65. The van der Waals surface area contributed by atoms with E-state index in [-0.39, 0.29) is 11.8 Å². The first kappa shape index (κ1) is 14.0. The lowest BCUT2D eigenvalue weighted by atomic mass is 9.98. The predicted molar refractivity (Wildman–Crippen MR) is 72.7 cm³/mol. The van der Waals surface area contributed by atoms with E-state index in [0.717, 1.165) is 32.4 Å². The Morgan fingerprint density at radius 2 is 2.32 bits per heavy atom. The van der Waals surface area contributed by atoms with Crippen LogP contribution < -0.4 is 10.7 Å². The molecule has 1 saturated heterocycles. The Morgan fingerprint density at radius 3 is 3.00 bits per heavy atom. The van der Waals surface area contributed by atoms with Crippen molar-refractivity contribution in [2.45, 2.75) is 44.6 Å².